The van der Waals surface area contributed by atoms with Crippen LogP contribution in [-0.4, -0.2) is 55.7 Å². The Morgan fingerprint density at radius 1 is 1.03 bits per heavy atom. The van der Waals surface area contributed by atoms with Crippen LogP contribution in [0.3, 0.4) is 0 Å². The van der Waals surface area contributed by atoms with Crippen LogP contribution in [0.2, 0.25) is 0 Å². The average molecular weight is 464 g/mol. The molecule has 1 aromatic heterocycles. The van der Waals surface area contributed by atoms with Gasteiger partial charge in [-0.25, -0.2) is 4.98 Å². The van der Waals surface area contributed by atoms with Crippen LogP contribution in [0, 0.1) is 0 Å². The number of ether oxygens (including phenoxy) is 2. The Balaban J connectivity index is 0.00000341. The first-order valence-corrected chi connectivity index (χ1v) is 11.1. The number of carbonyl (C=O) groups excluding carboxylic acids is 1. The molecule has 3 rings (SSSR count). The molecule has 0 saturated heterocycles. The number of hydrogen-bond donors (Lipinski definition) is 0. The van der Waals surface area contributed by atoms with Crippen molar-refractivity contribution in [3.05, 3.63) is 48.0 Å². The van der Waals surface area contributed by atoms with Crippen LogP contribution in [0.25, 0.3) is 10.2 Å². The highest BCUT2D eigenvalue weighted by molar-refractivity contribution is 7.22. The normalized spacial score (nSPS) is 10.7. The van der Waals surface area contributed by atoms with Crippen molar-refractivity contribution in [3.8, 4) is 11.5 Å². The molecule has 0 aliphatic rings. The van der Waals surface area contributed by atoms with Crippen molar-refractivity contribution < 1.29 is 14.3 Å². The highest BCUT2D eigenvalue weighted by Crippen LogP contribution is 2.34. The molecule has 0 radical (unpaired) electrons. The van der Waals surface area contributed by atoms with Crippen molar-refractivity contribution in [2.75, 3.05) is 44.8 Å². The zero-order valence-electron chi connectivity index (χ0n) is 18.5. The number of aromatic nitrogens is 1. The van der Waals surface area contributed by atoms with Crippen molar-refractivity contribution in [1.29, 1.82) is 0 Å². The zero-order valence-corrected chi connectivity index (χ0v) is 20.1. The van der Waals surface area contributed by atoms with Gasteiger partial charge in [0.1, 0.15) is 17.0 Å². The van der Waals surface area contributed by atoms with E-state index in [0.29, 0.717) is 23.8 Å². The molecule has 0 spiro atoms. The molecule has 0 unspecified atom stereocenters. The molecule has 6 nitrogen and oxygen atoms in total. The Labute approximate surface area is 194 Å². The predicted molar refractivity (Wildman–Crippen MR) is 130 cm³/mol. The lowest BCUT2D eigenvalue weighted by molar-refractivity contribution is 0.0983. The second kappa shape index (κ2) is 11.9. The van der Waals surface area contributed by atoms with Gasteiger partial charge in [-0.15, -0.1) is 12.4 Å². The van der Waals surface area contributed by atoms with Gasteiger partial charge in [-0.3, -0.25) is 9.69 Å². The topological polar surface area (TPSA) is 54.9 Å². The molecule has 0 bridgehead atoms. The zero-order chi connectivity index (χ0) is 21.5. The van der Waals surface area contributed by atoms with Gasteiger partial charge >= 0.3 is 0 Å². The number of amides is 1. The van der Waals surface area contributed by atoms with Crippen LogP contribution >= 0.6 is 23.7 Å². The van der Waals surface area contributed by atoms with E-state index >= 15 is 0 Å². The van der Waals surface area contributed by atoms with Gasteiger partial charge in [0.05, 0.1) is 18.4 Å². The lowest BCUT2D eigenvalue weighted by Crippen LogP contribution is -2.38. The first-order valence-electron chi connectivity index (χ1n) is 10.3. The van der Waals surface area contributed by atoms with Crippen LogP contribution in [0.5, 0.6) is 11.5 Å². The Bertz CT molecular complexity index is 974. The number of hydrogen-bond acceptors (Lipinski definition) is 6. The molecule has 1 amide bonds. The van der Waals surface area contributed by atoms with Crippen LogP contribution in [-0.2, 0) is 0 Å². The fourth-order valence-electron chi connectivity index (χ4n) is 3.25. The minimum atomic E-state index is -0.0678. The molecular weight excluding hydrogens is 434 g/mol. The fourth-order valence-corrected chi connectivity index (χ4v) is 4.26. The summed E-state index contributed by atoms with van der Waals surface area (Å²) in [4.78, 5) is 22.3. The smallest absolute Gasteiger partial charge is 0.260 e. The second-order valence-electron chi connectivity index (χ2n) is 6.74. The largest absolute Gasteiger partial charge is 0.497 e. The number of nitrogens with zero attached hydrogens (tertiary/aromatic N) is 3. The maximum atomic E-state index is 13.4. The van der Waals surface area contributed by atoms with Crippen LogP contribution in [0.4, 0.5) is 5.13 Å². The van der Waals surface area contributed by atoms with Crippen molar-refractivity contribution in [2.24, 2.45) is 0 Å². The van der Waals surface area contributed by atoms with Gasteiger partial charge < -0.3 is 14.4 Å². The fraction of sp³-hybridized carbons (Fsp3) is 0.391. The Morgan fingerprint density at radius 3 is 2.35 bits per heavy atom. The average Bonchev–Trinajstić information content (AvgIpc) is 3.21. The van der Waals surface area contributed by atoms with Gasteiger partial charge in [0.2, 0.25) is 0 Å². The summed E-state index contributed by atoms with van der Waals surface area (Å²) in [7, 11) is 1.62. The molecule has 31 heavy (non-hydrogen) atoms. The van der Waals surface area contributed by atoms with E-state index in [1.807, 2.05) is 25.1 Å². The first kappa shape index (κ1) is 24.9. The molecule has 0 saturated carbocycles. The SMILES string of the molecule is CCOc1cccc2sc(N(CCN(CC)CC)C(=O)c3ccc(OC)cc3)nc12.Cl. The number of methoxy groups -OCH3 is 1. The summed E-state index contributed by atoms with van der Waals surface area (Å²) >= 11 is 1.51. The van der Waals surface area contributed by atoms with Crippen LogP contribution in [0.15, 0.2) is 42.5 Å². The summed E-state index contributed by atoms with van der Waals surface area (Å²) < 4.78 is 12.0. The monoisotopic (exact) mass is 463 g/mol. The maximum Gasteiger partial charge on any atom is 0.260 e. The predicted octanol–water partition coefficient (Wildman–Crippen LogP) is 5.11. The lowest BCUT2D eigenvalue weighted by Gasteiger charge is -2.24. The number of likely N-dealkylation sites (N-methyl/N-ethyl adjacent to an activating group) is 1. The molecule has 0 aliphatic carbocycles. The molecular formula is C23H30ClN3O3S. The van der Waals surface area contributed by atoms with Crippen molar-refractivity contribution in [3.63, 3.8) is 0 Å². The number of rotatable bonds is 10. The van der Waals surface area contributed by atoms with Gasteiger partial charge in [-0.1, -0.05) is 31.3 Å². The molecule has 0 fully saturated rings. The molecule has 0 aliphatic heterocycles. The van der Waals surface area contributed by atoms with Gasteiger partial charge in [-0.05, 0) is 56.4 Å². The third-order valence-corrected chi connectivity index (χ3v) is 6.06. The first-order chi connectivity index (χ1) is 14.6. The summed E-state index contributed by atoms with van der Waals surface area (Å²) in [6.45, 7) is 10.0. The molecule has 0 atom stereocenters. The third-order valence-electron chi connectivity index (χ3n) is 5.02. The van der Waals surface area contributed by atoms with Crippen molar-refractivity contribution in [2.45, 2.75) is 20.8 Å². The number of thiazole rings is 1. The molecule has 3 aromatic rings. The molecule has 168 valence electrons. The van der Waals surface area contributed by atoms with E-state index in [1.165, 1.54) is 11.3 Å². The Morgan fingerprint density at radius 2 is 1.74 bits per heavy atom. The molecule has 8 heteroatoms. The van der Waals surface area contributed by atoms with Gasteiger partial charge in [0, 0.05) is 18.7 Å². The highest BCUT2D eigenvalue weighted by Gasteiger charge is 2.23. The number of para-hydroxylation sites is 1. The number of halogens is 1. The van der Waals surface area contributed by atoms with Crippen LogP contribution < -0.4 is 14.4 Å². The quantitative estimate of drug-likeness (QED) is 0.418. The number of benzene rings is 2. The Kier molecular flexibility index (Phi) is 9.55. The minimum absolute atomic E-state index is 0. The summed E-state index contributed by atoms with van der Waals surface area (Å²) in [5, 5.41) is 0.685. The van der Waals surface area contributed by atoms with Gasteiger partial charge in [0.15, 0.2) is 5.13 Å². The summed E-state index contributed by atoms with van der Waals surface area (Å²) in [5.41, 5.74) is 1.41. The van der Waals surface area contributed by atoms with E-state index in [0.717, 1.165) is 41.3 Å². The van der Waals surface area contributed by atoms with E-state index in [9.17, 15) is 4.79 Å². The summed E-state index contributed by atoms with van der Waals surface area (Å²) in [6, 6.07) is 13.1. The summed E-state index contributed by atoms with van der Waals surface area (Å²) in [6.07, 6.45) is 0. The highest BCUT2D eigenvalue weighted by atomic mass is 35.5. The maximum absolute atomic E-state index is 13.4. The third kappa shape index (κ3) is 5.87. The van der Waals surface area contributed by atoms with Crippen molar-refractivity contribution in [1.82, 2.24) is 9.88 Å². The van der Waals surface area contributed by atoms with E-state index in [1.54, 1.807) is 36.3 Å². The van der Waals surface area contributed by atoms with Crippen molar-refractivity contribution >= 4 is 45.0 Å². The second-order valence-corrected chi connectivity index (χ2v) is 7.75. The molecule has 1 heterocycles. The van der Waals surface area contributed by atoms with Crippen LogP contribution in [0.1, 0.15) is 31.1 Å². The number of fused-ring (bicyclic) bond motifs is 1. The van der Waals surface area contributed by atoms with E-state index in [-0.39, 0.29) is 18.3 Å². The Hall–Kier alpha value is -2.35. The lowest BCUT2D eigenvalue weighted by atomic mass is 10.2. The van der Waals surface area contributed by atoms with E-state index in [2.05, 4.69) is 18.7 Å². The van der Waals surface area contributed by atoms with Gasteiger partial charge in [-0.2, -0.15) is 0 Å². The standard InChI is InChI=1S/C23H29N3O3S.ClH/c1-5-25(6-2)15-16-26(22(27)17-11-13-18(28-4)14-12-17)23-24-21-19(29-7-3)9-8-10-20(21)30-23;/h8-14H,5-7,15-16H2,1-4H3;1H. The number of carbonyl (C=O) groups is 1. The molecule has 0 N–H and O–H groups in total. The minimum Gasteiger partial charge on any atom is -0.497 e. The van der Waals surface area contributed by atoms with Gasteiger partial charge in [0.25, 0.3) is 5.91 Å². The van der Waals surface area contributed by atoms with E-state index < -0.39 is 0 Å². The van der Waals surface area contributed by atoms with E-state index in [4.69, 9.17) is 14.5 Å². The summed E-state index contributed by atoms with van der Waals surface area (Å²) in [5.74, 6) is 1.41. The molecule has 2 aromatic carbocycles. The number of anilines is 1.